The number of carbonyl (C=O) groups is 1. The summed E-state index contributed by atoms with van der Waals surface area (Å²) >= 11 is 3.31. The lowest BCUT2D eigenvalue weighted by molar-refractivity contribution is 0.248. The van der Waals surface area contributed by atoms with Crippen molar-refractivity contribution in [2.24, 2.45) is 0 Å². The topological polar surface area (TPSA) is 66.9 Å². The standard InChI is InChI=1S/C11H18N4OS2/c1-3-9-14-15-11(18-9)13-10(16)12-7-4-5-8(6-7)17-2/h7-8H,3-6H2,1-2H3,(H2,12,13,15,16)/t7-,8-/m1/s1. The summed E-state index contributed by atoms with van der Waals surface area (Å²) in [5.74, 6) is 0. The fourth-order valence-corrected chi connectivity index (χ4v) is 3.52. The molecule has 1 aromatic heterocycles. The van der Waals surface area contributed by atoms with Gasteiger partial charge in [-0.2, -0.15) is 11.8 Å². The maximum absolute atomic E-state index is 11.8. The Morgan fingerprint density at radius 1 is 1.50 bits per heavy atom. The molecule has 0 saturated heterocycles. The highest BCUT2D eigenvalue weighted by atomic mass is 32.2. The normalized spacial score (nSPS) is 23.0. The summed E-state index contributed by atoms with van der Waals surface area (Å²) < 4.78 is 0. The van der Waals surface area contributed by atoms with Gasteiger partial charge in [0.1, 0.15) is 5.01 Å². The molecule has 1 fully saturated rings. The van der Waals surface area contributed by atoms with Gasteiger partial charge in [0.15, 0.2) is 0 Å². The van der Waals surface area contributed by atoms with Gasteiger partial charge >= 0.3 is 6.03 Å². The summed E-state index contributed by atoms with van der Waals surface area (Å²) in [5.41, 5.74) is 0. The van der Waals surface area contributed by atoms with E-state index in [9.17, 15) is 4.79 Å². The second kappa shape index (κ2) is 6.38. The second-order valence-electron chi connectivity index (χ2n) is 4.32. The third kappa shape index (κ3) is 3.58. The monoisotopic (exact) mass is 286 g/mol. The van der Waals surface area contributed by atoms with Crippen molar-refractivity contribution in [1.82, 2.24) is 15.5 Å². The quantitative estimate of drug-likeness (QED) is 0.892. The molecule has 0 radical (unpaired) electrons. The average Bonchev–Trinajstić information content (AvgIpc) is 2.98. The minimum absolute atomic E-state index is 0.166. The number of aryl methyl sites for hydroxylation is 1. The van der Waals surface area contributed by atoms with Crippen molar-refractivity contribution in [3.63, 3.8) is 0 Å². The summed E-state index contributed by atoms with van der Waals surface area (Å²) in [6.45, 7) is 2.02. The number of hydrogen-bond donors (Lipinski definition) is 2. The molecule has 7 heteroatoms. The number of nitrogens with one attached hydrogen (secondary N) is 2. The maximum Gasteiger partial charge on any atom is 0.321 e. The summed E-state index contributed by atoms with van der Waals surface area (Å²) in [5, 5.41) is 15.8. The largest absolute Gasteiger partial charge is 0.335 e. The van der Waals surface area contributed by atoms with Gasteiger partial charge in [-0.1, -0.05) is 18.3 Å². The molecule has 1 heterocycles. The van der Waals surface area contributed by atoms with Gasteiger partial charge in [0.2, 0.25) is 5.13 Å². The number of thioether (sulfide) groups is 1. The molecule has 2 amide bonds. The molecular weight excluding hydrogens is 268 g/mol. The Morgan fingerprint density at radius 3 is 2.94 bits per heavy atom. The van der Waals surface area contributed by atoms with Gasteiger partial charge in [-0.25, -0.2) is 4.79 Å². The van der Waals surface area contributed by atoms with Crippen LogP contribution in [0.1, 0.15) is 31.2 Å². The summed E-state index contributed by atoms with van der Waals surface area (Å²) in [6.07, 6.45) is 6.28. The van der Waals surface area contributed by atoms with E-state index in [4.69, 9.17) is 0 Å². The molecule has 0 unspecified atom stereocenters. The molecule has 0 aliphatic heterocycles. The molecule has 2 N–H and O–H groups in total. The number of urea groups is 1. The van der Waals surface area contributed by atoms with E-state index >= 15 is 0 Å². The molecule has 1 aliphatic rings. The van der Waals surface area contributed by atoms with E-state index < -0.39 is 0 Å². The third-order valence-corrected chi connectivity index (χ3v) is 5.12. The van der Waals surface area contributed by atoms with Crippen molar-refractivity contribution in [2.75, 3.05) is 11.6 Å². The Bertz CT molecular complexity index is 410. The van der Waals surface area contributed by atoms with Crippen LogP contribution in [0.5, 0.6) is 0 Å². The van der Waals surface area contributed by atoms with E-state index in [2.05, 4.69) is 27.1 Å². The van der Waals surface area contributed by atoms with Crippen LogP contribution in [-0.4, -0.2) is 33.8 Å². The molecule has 18 heavy (non-hydrogen) atoms. The van der Waals surface area contributed by atoms with Crippen LogP contribution in [0.4, 0.5) is 9.93 Å². The van der Waals surface area contributed by atoms with E-state index in [0.29, 0.717) is 16.4 Å². The zero-order chi connectivity index (χ0) is 13.0. The van der Waals surface area contributed by atoms with Crippen molar-refractivity contribution in [3.05, 3.63) is 5.01 Å². The van der Waals surface area contributed by atoms with E-state index in [1.165, 1.54) is 17.8 Å². The van der Waals surface area contributed by atoms with Crippen LogP contribution in [0.2, 0.25) is 0 Å². The summed E-state index contributed by atoms with van der Waals surface area (Å²) in [4.78, 5) is 11.8. The molecule has 0 spiro atoms. The zero-order valence-corrected chi connectivity index (χ0v) is 12.2. The van der Waals surface area contributed by atoms with Crippen molar-refractivity contribution < 1.29 is 4.79 Å². The molecule has 1 saturated carbocycles. The Hall–Kier alpha value is -0.820. The molecule has 100 valence electrons. The Balaban J connectivity index is 1.78. The molecular formula is C11H18N4OS2. The van der Waals surface area contributed by atoms with Gasteiger partial charge in [-0.3, -0.25) is 5.32 Å². The smallest absolute Gasteiger partial charge is 0.321 e. The number of aromatic nitrogens is 2. The van der Waals surface area contributed by atoms with Crippen LogP contribution in [0, 0.1) is 0 Å². The molecule has 0 aromatic carbocycles. The van der Waals surface area contributed by atoms with Gasteiger partial charge in [-0.05, 0) is 31.9 Å². The Morgan fingerprint density at radius 2 is 2.33 bits per heavy atom. The molecule has 1 aromatic rings. The number of amides is 2. The third-order valence-electron chi connectivity index (χ3n) is 3.04. The highest BCUT2D eigenvalue weighted by Gasteiger charge is 2.25. The van der Waals surface area contributed by atoms with Gasteiger partial charge in [-0.15, -0.1) is 10.2 Å². The minimum Gasteiger partial charge on any atom is -0.335 e. The van der Waals surface area contributed by atoms with Gasteiger partial charge in [0.25, 0.3) is 0 Å². The number of hydrogen-bond acceptors (Lipinski definition) is 5. The predicted molar refractivity (Wildman–Crippen MR) is 76.4 cm³/mol. The van der Waals surface area contributed by atoms with E-state index in [1.807, 2.05) is 18.7 Å². The molecule has 1 aliphatic carbocycles. The zero-order valence-electron chi connectivity index (χ0n) is 10.6. The Labute approximate surface area is 115 Å². The van der Waals surface area contributed by atoms with Crippen LogP contribution < -0.4 is 10.6 Å². The first-order valence-corrected chi connectivity index (χ1v) is 8.24. The lowest BCUT2D eigenvalue weighted by atomic mass is 10.2. The lowest BCUT2D eigenvalue weighted by Crippen LogP contribution is -2.36. The van der Waals surface area contributed by atoms with Gasteiger partial charge in [0.05, 0.1) is 0 Å². The maximum atomic E-state index is 11.8. The number of nitrogens with zero attached hydrogens (tertiary/aromatic N) is 2. The SMILES string of the molecule is CCc1nnc(NC(=O)N[C@@H]2CC[C@@H](SC)C2)s1. The fraction of sp³-hybridized carbons (Fsp3) is 0.727. The minimum atomic E-state index is -0.166. The van der Waals surface area contributed by atoms with Crippen LogP contribution in [-0.2, 0) is 6.42 Å². The summed E-state index contributed by atoms with van der Waals surface area (Å²) in [6, 6.07) is 0.126. The molecule has 2 atom stereocenters. The van der Waals surface area contributed by atoms with E-state index in [1.54, 1.807) is 0 Å². The first-order valence-electron chi connectivity index (χ1n) is 6.14. The van der Waals surface area contributed by atoms with Crippen LogP contribution in [0.3, 0.4) is 0 Å². The van der Waals surface area contributed by atoms with Gasteiger partial charge in [0, 0.05) is 11.3 Å². The van der Waals surface area contributed by atoms with Crippen molar-refractivity contribution in [3.8, 4) is 0 Å². The highest BCUT2D eigenvalue weighted by molar-refractivity contribution is 7.99. The average molecular weight is 286 g/mol. The van der Waals surface area contributed by atoms with Gasteiger partial charge < -0.3 is 5.32 Å². The van der Waals surface area contributed by atoms with Crippen LogP contribution in [0.15, 0.2) is 0 Å². The van der Waals surface area contributed by atoms with Crippen LogP contribution in [0.25, 0.3) is 0 Å². The summed E-state index contributed by atoms with van der Waals surface area (Å²) in [7, 11) is 0. The lowest BCUT2D eigenvalue weighted by Gasteiger charge is -2.12. The Kier molecular flexibility index (Phi) is 4.82. The molecule has 2 rings (SSSR count). The fourth-order valence-electron chi connectivity index (χ4n) is 2.05. The van der Waals surface area contributed by atoms with E-state index in [-0.39, 0.29) is 6.03 Å². The molecule has 0 bridgehead atoms. The van der Waals surface area contributed by atoms with Crippen molar-refractivity contribution in [1.29, 1.82) is 0 Å². The predicted octanol–water partition coefficient (Wildman–Crippen LogP) is 2.51. The van der Waals surface area contributed by atoms with Crippen LogP contribution >= 0.6 is 23.1 Å². The number of carbonyl (C=O) groups excluding carboxylic acids is 1. The second-order valence-corrected chi connectivity index (χ2v) is 6.52. The number of anilines is 1. The first-order chi connectivity index (χ1) is 8.71. The highest BCUT2D eigenvalue weighted by Crippen LogP contribution is 2.28. The van der Waals surface area contributed by atoms with Crippen molar-refractivity contribution >= 4 is 34.3 Å². The molecule has 5 nitrogen and oxygen atoms in total. The first kappa shape index (κ1) is 13.6. The van der Waals surface area contributed by atoms with Crippen molar-refractivity contribution in [2.45, 2.75) is 43.9 Å². The van der Waals surface area contributed by atoms with E-state index in [0.717, 1.165) is 24.3 Å². The number of rotatable bonds is 4.